The van der Waals surface area contributed by atoms with Crippen LogP contribution < -0.4 is 10.5 Å². The van der Waals surface area contributed by atoms with Gasteiger partial charge in [0.15, 0.2) is 0 Å². The van der Waals surface area contributed by atoms with Gasteiger partial charge in [-0.15, -0.1) is 0 Å². The second-order valence-electron chi connectivity index (χ2n) is 10.4. The third-order valence-corrected chi connectivity index (χ3v) is 8.35. The van der Waals surface area contributed by atoms with Crippen molar-refractivity contribution in [2.75, 3.05) is 0 Å². The largest absolute Gasteiger partial charge is 0.473 e. The van der Waals surface area contributed by atoms with Crippen LogP contribution in [0.5, 0.6) is 5.88 Å². The second kappa shape index (κ2) is 8.39. The van der Waals surface area contributed by atoms with Gasteiger partial charge in [0.2, 0.25) is 5.88 Å². The molecule has 9 heteroatoms. The first-order valence-electron chi connectivity index (χ1n) is 12.6. The van der Waals surface area contributed by atoms with Crippen LogP contribution in [-0.4, -0.2) is 20.8 Å². The summed E-state index contributed by atoms with van der Waals surface area (Å²) in [6.45, 7) is -0.0860. The standard InChI is InChI=1S/C29H24F4N4O/c30-24-11-20-18(9-16(24)14-38-26-10-15-8-21-27(28(21)34)22(15)13-35-26)19(12-25(20)37-7-3-6-36-37)17-4-1-2-5-23(17)29(31,32)33/h1-7,9-11,13,19,21,25,27-28H,8,12,14,34H2. The van der Waals surface area contributed by atoms with Gasteiger partial charge in [0.05, 0.1) is 11.6 Å². The lowest BCUT2D eigenvalue weighted by Crippen LogP contribution is -2.12. The van der Waals surface area contributed by atoms with Gasteiger partial charge in [-0.2, -0.15) is 18.3 Å². The zero-order valence-corrected chi connectivity index (χ0v) is 20.2. The molecule has 0 bridgehead atoms. The van der Waals surface area contributed by atoms with E-state index in [-0.39, 0.29) is 29.8 Å². The van der Waals surface area contributed by atoms with Crippen LogP contribution in [0, 0.1) is 11.7 Å². The van der Waals surface area contributed by atoms with Crippen molar-refractivity contribution in [2.24, 2.45) is 11.7 Å². The van der Waals surface area contributed by atoms with Gasteiger partial charge in [0.25, 0.3) is 0 Å². The molecule has 0 radical (unpaired) electrons. The number of alkyl halides is 3. The molecule has 3 aliphatic carbocycles. The molecule has 7 rings (SSSR count). The van der Waals surface area contributed by atoms with Crippen LogP contribution in [0.3, 0.4) is 0 Å². The Kier molecular flexibility index (Phi) is 5.17. The maximum absolute atomic E-state index is 15.4. The summed E-state index contributed by atoms with van der Waals surface area (Å²) in [6, 6.07) is 12.1. The van der Waals surface area contributed by atoms with E-state index in [1.165, 1.54) is 18.2 Å². The number of nitrogens with zero attached hydrogens (tertiary/aromatic N) is 3. The Balaban J connectivity index is 1.23. The fourth-order valence-corrected chi connectivity index (χ4v) is 6.45. The molecule has 2 aromatic carbocycles. The zero-order chi connectivity index (χ0) is 26.2. The molecule has 1 saturated carbocycles. The second-order valence-corrected chi connectivity index (χ2v) is 10.4. The summed E-state index contributed by atoms with van der Waals surface area (Å²) in [7, 11) is 0. The zero-order valence-electron chi connectivity index (χ0n) is 20.2. The van der Waals surface area contributed by atoms with Gasteiger partial charge in [-0.05, 0) is 70.8 Å². The summed E-state index contributed by atoms with van der Waals surface area (Å²) in [6.07, 6.45) is 1.87. The molecule has 38 heavy (non-hydrogen) atoms. The average molecular weight is 521 g/mol. The molecule has 5 atom stereocenters. The number of nitrogens with two attached hydrogens (primary N) is 1. The molecule has 1 fully saturated rings. The average Bonchev–Trinajstić information content (AvgIpc) is 3.36. The van der Waals surface area contributed by atoms with Crippen LogP contribution in [0.25, 0.3) is 0 Å². The van der Waals surface area contributed by atoms with Crippen molar-refractivity contribution in [3.05, 3.63) is 112 Å². The maximum atomic E-state index is 15.4. The fraction of sp³-hybridized carbons (Fsp3) is 0.310. The predicted molar refractivity (Wildman–Crippen MR) is 131 cm³/mol. The number of ether oxygens (including phenoxy) is 1. The molecule has 0 spiro atoms. The van der Waals surface area contributed by atoms with Crippen LogP contribution in [0.1, 0.15) is 63.2 Å². The quantitative estimate of drug-likeness (QED) is 0.341. The molecule has 4 aromatic rings. The SMILES string of the molecule is NC1C2Cc3cc(OCc4cc5c(cc4F)C(n4cccn4)CC5c4ccccc4C(F)(F)F)ncc3C12. The van der Waals surface area contributed by atoms with Crippen molar-refractivity contribution in [1.29, 1.82) is 0 Å². The Labute approximate surface area is 216 Å². The minimum Gasteiger partial charge on any atom is -0.473 e. The highest BCUT2D eigenvalue weighted by Gasteiger charge is 2.53. The molecule has 3 aliphatic rings. The molecule has 2 aromatic heterocycles. The van der Waals surface area contributed by atoms with Gasteiger partial charge in [-0.3, -0.25) is 4.68 Å². The monoisotopic (exact) mass is 520 g/mol. The maximum Gasteiger partial charge on any atom is 0.416 e. The van der Waals surface area contributed by atoms with Crippen LogP contribution in [0.15, 0.2) is 67.1 Å². The van der Waals surface area contributed by atoms with Gasteiger partial charge in [-0.25, -0.2) is 9.37 Å². The van der Waals surface area contributed by atoms with Crippen molar-refractivity contribution in [3.8, 4) is 5.88 Å². The van der Waals surface area contributed by atoms with Gasteiger partial charge in [-0.1, -0.05) is 18.2 Å². The lowest BCUT2D eigenvalue weighted by Gasteiger charge is -2.19. The van der Waals surface area contributed by atoms with Crippen LogP contribution in [-0.2, 0) is 19.2 Å². The first-order valence-corrected chi connectivity index (χ1v) is 12.6. The normalized spacial score (nSPS) is 25.1. The Morgan fingerprint density at radius 1 is 1.03 bits per heavy atom. The van der Waals surface area contributed by atoms with Crippen molar-refractivity contribution < 1.29 is 22.3 Å². The number of hydrogen-bond donors (Lipinski definition) is 1. The van der Waals surface area contributed by atoms with Gasteiger partial charge in [0, 0.05) is 48.1 Å². The number of fused-ring (bicyclic) bond motifs is 4. The lowest BCUT2D eigenvalue weighted by atomic mass is 9.88. The van der Waals surface area contributed by atoms with Gasteiger partial charge < -0.3 is 10.5 Å². The van der Waals surface area contributed by atoms with E-state index in [0.29, 0.717) is 35.3 Å². The third kappa shape index (κ3) is 3.71. The number of pyridine rings is 1. The number of benzene rings is 2. The van der Waals surface area contributed by atoms with Gasteiger partial charge >= 0.3 is 6.18 Å². The van der Waals surface area contributed by atoms with E-state index in [1.54, 1.807) is 41.5 Å². The summed E-state index contributed by atoms with van der Waals surface area (Å²) < 4.78 is 64.7. The van der Waals surface area contributed by atoms with Crippen LogP contribution in [0.2, 0.25) is 0 Å². The predicted octanol–water partition coefficient (Wildman–Crippen LogP) is 5.74. The highest BCUT2D eigenvalue weighted by atomic mass is 19.4. The van der Waals surface area contributed by atoms with Gasteiger partial charge in [0.1, 0.15) is 12.4 Å². The van der Waals surface area contributed by atoms with Crippen molar-refractivity contribution in [1.82, 2.24) is 14.8 Å². The van der Waals surface area contributed by atoms with Crippen molar-refractivity contribution in [2.45, 2.75) is 49.5 Å². The number of rotatable bonds is 5. The van der Waals surface area contributed by atoms with Crippen molar-refractivity contribution >= 4 is 0 Å². The summed E-state index contributed by atoms with van der Waals surface area (Å²) in [5.74, 6) is 0.187. The lowest BCUT2D eigenvalue weighted by molar-refractivity contribution is -0.138. The number of halogens is 4. The van der Waals surface area contributed by atoms with E-state index in [9.17, 15) is 13.2 Å². The van der Waals surface area contributed by atoms with Crippen LogP contribution in [0.4, 0.5) is 17.6 Å². The first kappa shape index (κ1) is 23.4. The fourth-order valence-electron chi connectivity index (χ4n) is 6.45. The minimum absolute atomic E-state index is 0.0860. The molecule has 0 aliphatic heterocycles. The smallest absolute Gasteiger partial charge is 0.416 e. The Hall–Kier alpha value is -3.72. The topological polar surface area (TPSA) is 66.0 Å². The summed E-state index contributed by atoms with van der Waals surface area (Å²) in [5.41, 5.74) is 9.44. The third-order valence-electron chi connectivity index (χ3n) is 8.35. The van der Waals surface area contributed by atoms with E-state index >= 15 is 4.39 Å². The Bertz CT molecular complexity index is 1530. The minimum atomic E-state index is -4.50. The molecule has 5 nitrogen and oxygen atoms in total. The molecule has 2 heterocycles. The molecular formula is C29H24F4N4O. The van der Waals surface area contributed by atoms with E-state index in [1.807, 2.05) is 6.07 Å². The summed E-state index contributed by atoms with van der Waals surface area (Å²) >= 11 is 0. The molecule has 2 N–H and O–H groups in total. The molecular weight excluding hydrogens is 496 g/mol. The van der Waals surface area contributed by atoms with E-state index in [4.69, 9.17) is 10.5 Å². The molecule has 5 unspecified atom stereocenters. The summed E-state index contributed by atoms with van der Waals surface area (Å²) in [5, 5.41) is 4.30. The highest BCUT2D eigenvalue weighted by Crippen LogP contribution is 2.55. The number of aromatic nitrogens is 3. The van der Waals surface area contributed by atoms with Crippen LogP contribution >= 0.6 is 0 Å². The van der Waals surface area contributed by atoms with Crippen molar-refractivity contribution in [3.63, 3.8) is 0 Å². The molecule has 194 valence electrons. The Morgan fingerprint density at radius 2 is 1.87 bits per heavy atom. The van der Waals surface area contributed by atoms with E-state index in [0.717, 1.165) is 23.6 Å². The highest BCUT2D eigenvalue weighted by molar-refractivity contribution is 5.50. The van der Waals surface area contributed by atoms with E-state index < -0.39 is 23.5 Å². The number of hydrogen-bond acceptors (Lipinski definition) is 4. The first-order chi connectivity index (χ1) is 18.3. The molecule has 0 saturated heterocycles. The van der Waals surface area contributed by atoms with E-state index in [2.05, 4.69) is 10.1 Å². The molecule has 0 amide bonds. The Morgan fingerprint density at radius 3 is 2.66 bits per heavy atom. The summed E-state index contributed by atoms with van der Waals surface area (Å²) in [4.78, 5) is 4.39.